The van der Waals surface area contributed by atoms with E-state index < -0.39 is 0 Å². The summed E-state index contributed by atoms with van der Waals surface area (Å²) >= 11 is 2.11. The minimum absolute atomic E-state index is 0.758. The van der Waals surface area contributed by atoms with Crippen LogP contribution in [0.4, 0.5) is 0 Å². The fraction of sp³-hybridized carbons (Fsp3) is 1.00. The molecule has 2 saturated heterocycles. The molecular weight excluding hydrogens is 180 g/mol. The lowest BCUT2D eigenvalue weighted by Crippen LogP contribution is -2.36. The van der Waals surface area contributed by atoms with Gasteiger partial charge in [-0.1, -0.05) is 0 Å². The van der Waals surface area contributed by atoms with Crippen LogP contribution in [-0.4, -0.2) is 37.2 Å². The summed E-state index contributed by atoms with van der Waals surface area (Å²) in [6.45, 7) is 3.65. The molecule has 2 N–H and O–H groups in total. The smallest absolute Gasteiger partial charge is 0.0192 e. The standard InChI is InChI=1S/C10H20N2S/c1-2-10(12-4-1)7-11-6-9-3-5-13-8-9/h9-12H,1-8H2. The maximum atomic E-state index is 3.59. The number of hydrogen-bond donors (Lipinski definition) is 2. The van der Waals surface area contributed by atoms with Gasteiger partial charge in [-0.25, -0.2) is 0 Å². The molecule has 13 heavy (non-hydrogen) atoms. The summed E-state index contributed by atoms with van der Waals surface area (Å²) < 4.78 is 0. The van der Waals surface area contributed by atoms with Gasteiger partial charge in [-0.2, -0.15) is 11.8 Å². The van der Waals surface area contributed by atoms with Gasteiger partial charge in [0.2, 0.25) is 0 Å². The maximum Gasteiger partial charge on any atom is 0.0192 e. The van der Waals surface area contributed by atoms with E-state index >= 15 is 0 Å². The zero-order chi connectivity index (χ0) is 8.93. The predicted molar refractivity (Wildman–Crippen MR) is 59.3 cm³/mol. The predicted octanol–water partition coefficient (Wildman–Crippen LogP) is 1.08. The van der Waals surface area contributed by atoms with Crippen molar-refractivity contribution in [3.63, 3.8) is 0 Å². The first-order chi connectivity index (χ1) is 6.45. The molecule has 0 saturated carbocycles. The highest BCUT2D eigenvalue weighted by Crippen LogP contribution is 2.22. The van der Waals surface area contributed by atoms with Crippen LogP contribution in [0.25, 0.3) is 0 Å². The third-order valence-corrected chi connectivity index (χ3v) is 4.24. The summed E-state index contributed by atoms with van der Waals surface area (Å²) in [4.78, 5) is 0. The van der Waals surface area contributed by atoms with Crippen LogP contribution in [-0.2, 0) is 0 Å². The van der Waals surface area contributed by atoms with Crippen LogP contribution in [0.3, 0.4) is 0 Å². The average Bonchev–Trinajstić information content (AvgIpc) is 2.75. The van der Waals surface area contributed by atoms with Gasteiger partial charge in [0.15, 0.2) is 0 Å². The number of thioether (sulfide) groups is 1. The molecule has 0 radical (unpaired) electrons. The van der Waals surface area contributed by atoms with E-state index in [4.69, 9.17) is 0 Å². The molecule has 2 aliphatic heterocycles. The third kappa shape index (κ3) is 3.15. The largest absolute Gasteiger partial charge is 0.315 e. The van der Waals surface area contributed by atoms with E-state index in [2.05, 4.69) is 22.4 Å². The van der Waals surface area contributed by atoms with Gasteiger partial charge in [0.25, 0.3) is 0 Å². The normalized spacial score (nSPS) is 34.2. The van der Waals surface area contributed by atoms with E-state index in [1.807, 2.05) is 0 Å². The Bertz CT molecular complexity index is 124. The van der Waals surface area contributed by atoms with E-state index in [1.165, 1.54) is 50.4 Å². The van der Waals surface area contributed by atoms with Crippen LogP contribution in [0, 0.1) is 5.92 Å². The van der Waals surface area contributed by atoms with Crippen LogP contribution >= 0.6 is 11.8 Å². The summed E-state index contributed by atoms with van der Waals surface area (Å²) in [5, 5.41) is 7.11. The third-order valence-electron chi connectivity index (χ3n) is 3.01. The molecule has 0 bridgehead atoms. The van der Waals surface area contributed by atoms with Crippen LogP contribution in [0.1, 0.15) is 19.3 Å². The fourth-order valence-electron chi connectivity index (χ4n) is 2.14. The molecule has 2 fully saturated rings. The molecule has 0 aromatic rings. The first-order valence-electron chi connectivity index (χ1n) is 5.47. The summed E-state index contributed by atoms with van der Waals surface area (Å²) in [5.74, 6) is 3.71. The van der Waals surface area contributed by atoms with Gasteiger partial charge in [-0.05, 0) is 49.8 Å². The molecule has 0 amide bonds. The Morgan fingerprint density at radius 3 is 3.00 bits per heavy atom. The van der Waals surface area contributed by atoms with Crippen molar-refractivity contribution in [2.75, 3.05) is 31.1 Å². The zero-order valence-corrected chi connectivity index (χ0v) is 9.04. The summed E-state index contributed by atoms with van der Waals surface area (Å²) in [6.07, 6.45) is 4.16. The minimum Gasteiger partial charge on any atom is -0.315 e. The van der Waals surface area contributed by atoms with Crippen molar-refractivity contribution >= 4 is 11.8 Å². The number of hydrogen-bond acceptors (Lipinski definition) is 3. The molecule has 0 aromatic carbocycles. The van der Waals surface area contributed by atoms with Gasteiger partial charge in [-0.3, -0.25) is 0 Å². The van der Waals surface area contributed by atoms with Gasteiger partial charge >= 0.3 is 0 Å². The molecule has 76 valence electrons. The van der Waals surface area contributed by atoms with Crippen molar-refractivity contribution in [1.82, 2.24) is 10.6 Å². The van der Waals surface area contributed by atoms with E-state index in [9.17, 15) is 0 Å². The zero-order valence-electron chi connectivity index (χ0n) is 8.22. The molecule has 0 spiro atoms. The molecular formula is C10H20N2S. The monoisotopic (exact) mass is 200 g/mol. The van der Waals surface area contributed by atoms with Crippen molar-refractivity contribution in [3.05, 3.63) is 0 Å². The SMILES string of the molecule is C1CNC(CNCC2CCSC2)C1. The van der Waals surface area contributed by atoms with Crippen LogP contribution in [0.2, 0.25) is 0 Å². The quantitative estimate of drug-likeness (QED) is 0.710. The summed E-state index contributed by atoms with van der Waals surface area (Å²) in [7, 11) is 0. The molecule has 2 nitrogen and oxygen atoms in total. The second-order valence-corrected chi connectivity index (χ2v) is 5.33. The van der Waals surface area contributed by atoms with Crippen LogP contribution in [0.5, 0.6) is 0 Å². The first-order valence-corrected chi connectivity index (χ1v) is 6.62. The second kappa shape index (κ2) is 5.23. The Hall–Kier alpha value is 0.270. The Kier molecular flexibility index (Phi) is 3.94. The molecule has 2 aliphatic rings. The minimum atomic E-state index is 0.758. The highest BCUT2D eigenvalue weighted by Gasteiger charge is 2.17. The van der Waals surface area contributed by atoms with Crippen molar-refractivity contribution in [1.29, 1.82) is 0 Å². The van der Waals surface area contributed by atoms with Crippen molar-refractivity contribution < 1.29 is 0 Å². The van der Waals surface area contributed by atoms with E-state index in [1.54, 1.807) is 0 Å². The van der Waals surface area contributed by atoms with E-state index in [0.29, 0.717) is 0 Å². The second-order valence-electron chi connectivity index (χ2n) is 4.18. The van der Waals surface area contributed by atoms with Crippen LogP contribution in [0.15, 0.2) is 0 Å². The van der Waals surface area contributed by atoms with Gasteiger partial charge < -0.3 is 10.6 Å². The van der Waals surface area contributed by atoms with Crippen LogP contribution < -0.4 is 10.6 Å². The van der Waals surface area contributed by atoms with E-state index in [-0.39, 0.29) is 0 Å². The molecule has 2 unspecified atom stereocenters. The lowest BCUT2D eigenvalue weighted by molar-refractivity contribution is 0.478. The molecule has 2 atom stereocenters. The van der Waals surface area contributed by atoms with Crippen molar-refractivity contribution in [2.45, 2.75) is 25.3 Å². The van der Waals surface area contributed by atoms with Crippen molar-refractivity contribution in [2.24, 2.45) is 5.92 Å². The number of rotatable bonds is 4. The van der Waals surface area contributed by atoms with Gasteiger partial charge in [0.05, 0.1) is 0 Å². The first kappa shape index (κ1) is 9.81. The molecule has 2 rings (SSSR count). The van der Waals surface area contributed by atoms with Crippen molar-refractivity contribution in [3.8, 4) is 0 Å². The van der Waals surface area contributed by atoms with Gasteiger partial charge in [0, 0.05) is 12.6 Å². The Morgan fingerprint density at radius 2 is 2.31 bits per heavy atom. The summed E-state index contributed by atoms with van der Waals surface area (Å²) in [6, 6.07) is 0.758. The molecule has 0 aromatic heterocycles. The molecule has 0 aliphatic carbocycles. The highest BCUT2D eigenvalue weighted by molar-refractivity contribution is 7.99. The molecule has 2 heterocycles. The lowest BCUT2D eigenvalue weighted by Gasteiger charge is -2.14. The fourth-order valence-corrected chi connectivity index (χ4v) is 3.42. The number of nitrogens with one attached hydrogen (secondary N) is 2. The Morgan fingerprint density at radius 1 is 1.31 bits per heavy atom. The average molecular weight is 200 g/mol. The molecule has 3 heteroatoms. The Balaban J connectivity index is 1.52. The van der Waals surface area contributed by atoms with Gasteiger partial charge in [-0.15, -0.1) is 0 Å². The maximum absolute atomic E-state index is 3.59. The lowest BCUT2D eigenvalue weighted by atomic mass is 10.1. The Labute approximate surface area is 85.2 Å². The van der Waals surface area contributed by atoms with Gasteiger partial charge in [0.1, 0.15) is 0 Å². The summed E-state index contributed by atoms with van der Waals surface area (Å²) in [5.41, 5.74) is 0. The van der Waals surface area contributed by atoms with E-state index in [0.717, 1.165) is 12.0 Å². The topological polar surface area (TPSA) is 24.1 Å². The highest BCUT2D eigenvalue weighted by atomic mass is 32.2.